The van der Waals surface area contributed by atoms with Crippen LogP contribution in [0.1, 0.15) is 32.4 Å². The first-order valence-electron chi connectivity index (χ1n) is 5.48. The molecule has 0 aliphatic heterocycles. The zero-order valence-corrected chi connectivity index (χ0v) is 9.99. The minimum absolute atomic E-state index is 0.115. The van der Waals surface area contributed by atoms with E-state index in [4.69, 9.17) is 15.2 Å². The topological polar surface area (TPSA) is 64.7 Å². The highest BCUT2D eigenvalue weighted by Gasteiger charge is 2.15. The summed E-state index contributed by atoms with van der Waals surface area (Å²) < 4.78 is 10.8. The summed E-state index contributed by atoms with van der Waals surface area (Å²) in [6, 6.07) is 3.04. The maximum atomic E-state index is 9.86. The third-order valence-electron chi connectivity index (χ3n) is 2.16. The largest absolute Gasteiger partial charge is 0.507 e. The minimum Gasteiger partial charge on any atom is -0.507 e. The fraction of sp³-hybridized carbons (Fsp3) is 0.500. The molecular formula is C12H19NO3. The van der Waals surface area contributed by atoms with Crippen molar-refractivity contribution in [3.05, 3.63) is 17.7 Å². The van der Waals surface area contributed by atoms with Crippen molar-refractivity contribution in [3.8, 4) is 17.2 Å². The summed E-state index contributed by atoms with van der Waals surface area (Å²) in [6.07, 6.45) is 0. The third kappa shape index (κ3) is 2.79. The average molecular weight is 225 g/mol. The number of benzene rings is 1. The average Bonchev–Trinajstić information content (AvgIpc) is 2.17. The summed E-state index contributed by atoms with van der Waals surface area (Å²) in [5.74, 6) is 1.29. The maximum absolute atomic E-state index is 9.86. The van der Waals surface area contributed by atoms with Crippen molar-refractivity contribution in [2.75, 3.05) is 13.2 Å². The van der Waals surface area contributed by atoms with E-state index in [0.717, 1.165) is 0 Å². The van der Waals surface area contributed by atoms with E-state index in [0.29, 0.717) is 30.3 Å². The number of rotatable bonds is 5. The normalized spacial score (nSPS) is 12.2. The van der Waals surface area contributed by atoms with E-state index in [1.807, 2.05) is 13.8 Å². The molecule has 1 aromatic rings. The Morgan fingerprint density at radius 3 is 2.38 bits per heavy atom. The van der Waals surface area contributed by atoms with Gasteiger partial charge in [-0.05, 0) is 20.8 Å². The molecule has 4 heteroatoms. The summed E-state index contributed by atoms with van der Waals surface area (Å²) in [4.78, 5) is 0. The van der Waals surface area contributed by atoms with Crippen LogP contribution in [-0.4, -0.2) is 18.3 Å². The predicted molar refractivity (Wildman–Crippen MR) is 63.0 cm³/mol. The van der Waals surface area contributed by atoms with Gasteiger partial charge in [-0.1, -0.05) is 0 Å². The van der Waals surface area contributed by atoms with Crippen LogP contribution in [0.3, 0.4) is 0 Å². The lowest BCUT2D eigenvalue weighted by Crippen LogP contribution is -2.09. The van der Waals surface area contributed by atoms with Gasteiger partial charge in [0.15, 0.2) is 0 Å². The molecule has 0 radical (unpaired) electrons. The molecule has 0 spiro atoms. The number of phenolic OH excluding ortho intramolecular Hbond substituents is 1. The molecule has 0 amide bonds. The van der Waals surface area contributed by atoms with Crippen molar-refractivity contribution in [1.29, 1.82) is 0 Å². The van der Waals surface area contributed by atoms with Crippen LogP contribution in [-0.2, 0) is 0 Å². The first-order valence-corrected chi connectivity index (χ1v) is 5.48. The van der Waals surface area contributed by atoms with Crippen molar-refractivity contribution in [2.45, 2.75) is 26.8 Å². The van der Waals surface area contributed by atoms with E-state index in [-0.39, 0.29) is 11.8 Å². The fourth-order valence-electron chi connectivity index (χ4n) is 1.57. The van der Waals surface area contributed by atoms with Gasteiger partial charge in [0, 0.05) is 18.2 Å². The van der Waals surface area contributed by atoms with E-state index in [1.54, 1.807) is 19.1 Å². The molecule has 0 saturated carbocycles. The molecule has 90 valence electrons. The Morgan fingerprint density at radius 2 is 1.88 bits per heavy atom. The molecule has 0 heterocycles. The molecule has 0 aromatic heterocycles. The van der Waals surface area contributed by atoms with Gasteiger partial charge in [-0.3, -0.25) is 0 Å². The van der Waals surface area contributed by atoms with E-state index < -0.39 is 0 Å². The number of ether oxygens (including phenoxy) is 2. The van der Waals surface area contributed by atoms with Crippen molar-refractivity contribution >= 4 is 0 Å². The van der Waals surface area contributed by atoms with Gasteiger partial charge in [0.25, 0.3) is 0 Å². The summed E-state index contributed by atoms with van der Waals surface area (Å²) in [5, 5.41) is 9.86. The first kappa shape index (κ1) is 12.6. The predicted octanol–water partition coefficient (Wildman–Crippen LogP) is 2.21. The van der Waals surface area contributed by atoms with Crippen molar-refractivity contribution in [1.82, 2.24) is 0 Å². The number of phenols is 1. The number of hydrogen-bond donors (Lipinski definition) is 2. The molecule has 0 aliphatic rings. The number of nitrogens with two attached hydrogens (primary N) is 1. The van der Waals surface area contributed by atoms with Gasteiger partial charge in [0.05, 0.1) is 18.8 Å². The lowest BCUT2D eigenvalue weighted by Gasteiger charge is -2.16. The van der Waals surface area contributed by atoms with Gasteiger partial charge in [0.2, 0.25) is 0 Å². The first-order chi connectivity index (χ1) is 7.60. The lowest BCUT2D eigenvalue weighted by molar-refractivity contribution is 0.314. The Morgan fingerprint density at radius 1 is 1.25 bits per heavy atom. The Kier molecular flexibility index (Phi) is 4.43. The molecule has 16 heavy (non-hydrogen) atoms. The van der Waals surface area contributed by atoms with Crippen LogP contribution in [0.15, 0.2) is 12.1 Å². The van der Waals surface area contributed by atoms with Crippen LogP contribution >= 0.6 is 0 Å². The molecule has 3 N–H and O–H groups in total. The maximum Gasteiger partial charge on any atom is 0.131 e. The SMILES string of the molecule is CCOc1cc(O)c([C@@H](C)N)c(OCC)c1. The van der Waals surface area contributed by atoms with Gasteiger partial charge in [0.1, 0.15) is 17.2 Å². The molecule has 1 rings (SSSR count). The molecule has 0 aliphatic carbocycles. The Balaban J connectivity index is 3.16. The van der Waals surface area contributed by atoms with E-state index in [1.165, 1.54) is 0 Å². The second-order valence-electron chi connectivity index (χ2n) is 3.51. The highest BCUT2D eigenvalue weighted by molar-refractivity contribution is 5.51. The fourth-order valence-corrected chi connectivity index (χ4v) is 1.57. The number of aromatic hydroxyl groups is 1. The molecule has 0 unspecified atom stereocenters. The van der Waals surface area contributed by atoms with Crippen LogP contribution < -0.4 is 15.2 Å². The standard InChI is InChI=1S/C12H19NO3/c1-4-15-9-6-10(14)12(8(3)13)11(7-9)16-5-2/h6-8,14H,4-5,13H2,1-3H3/t8-/m1/s1. The van der Waals surface area contributed by atoms with Gasteiger partial charge in [-0.15, -0.1) is 0 Å². The van der Waals surface area contributed by atoms with E-state index in [9.17, 15) is 5.11 Å². The minimum atomic E-state index is -0.280. The quantitative estimate of drug-likeness (QED) is 0.806. The van der Waals surface area contributed by atoms with Crippen LogP contribution in [0.5, 0.6) is 17.2 Å². The third-order valence-corrected chi connectivity index (χ3v) is 2.16. The Bertz CT molecular complexity index is 350. The smallest absolute Gasteiger partial charge is 0.131 e. The highest BCUT2D eigenvalue weighted by atomic mass is 16.5. The summed E-state index contributed by atoms with van der Waals surface area (Å²) in [5.41, 5.74) is 6.40. The molecule has 0 fully saturated rings. The lowest BCUT2D eigenvalue weighted by atomic mass is 10.1. The molecule has 0 bridgehead atoms. The molecule has 1 aromatic carbocycles. The Hall–Kier alpha value is -1.42. The molecule has 4 nitrogen and oxygen atoms in total. The van der Waals surface area contributed by atoms with Crippen LogP contribution in [0, 0.1) is 0 Å². The number of hydrogen-bond acceptors (Lipinski definition) is 4. The highest BCUT2D eigenvalue weighted by Crippen LogP contribution is 2.36. The van der Waals surface area contributed by atoms with E-state index in [2.05, 4.69) is 0 Å². The summed E-state index contributed by atoms with van der Waals surface area (Å²) >= 11 is 0. The van der Waals surface area contributed by atoms with Crippen LogP contribution in [0.4, 0.5) is 0 Å². The molecule has 0 saturated heterocycles. The van der Waals surface area contributed by atoms with Crippen molar-refractivity contribution < 1.29 is 14.6 Å². The van der Waals surface area contributed by atoms with Gasteiger partial charge < -0.3 is 20.3 Å². The second kappa shape index (κ2) is 5.61. The van der Waals surface area contributed by atoms with Gasteiger partial charge >= 0.3 is 0 Å². The summed E-state index contributed by atoms with van der Waals surface area (Å²) in [7, 11) is 0. The zero-order valence-electron chi connectivity index (χ0n) is 9.99. The second-order valence-corrected chi connectivity index (χ2v) is 3.51. The zero-order chi connectivity index (χ0) is 12.1. The van der Waals surface area contributed by atoms with Crippen molar-refractivity contribution in [3.63, 3.8) is 0 Å². The van der Waals surface area contributed by atoms with Crippen molar-refractivity contribution in [2.24, 2.45) is 5.73 Å². The van der Waals surface area contributed by atoms with Crippen LogP contribution in [0.25, 0.3) is 0 Å². The van der Waals surface area contributed by atoms with E-state index >= 15 is 0 Å². The molecule has 1 atom stereocenters. The monoisotopic (exact) mass is 225 g/mol. The Labute approximate surface area is 96.0 Å². The van der Waals surface area contributed by atoms with Gasteiger partial charge in [-0.2, -0.15) is 0 Å². The summed E-state index contributed by atoms with van der Waals surface area (Å²) in [6.45, 7) is 6.64. The van der Waals surface area contributed by atoms with Gasteiger partial charge in [-0.25, -0.2) is 0 Å². The van der Waals surface area contributed by atoms with Crippen LogP contribution in [0.2, 0.25) is 0 Å². The molecular weight excluding hydrogens is 206 g/mol.